The number of phenols is 1. The molecule has 1 fully saturated rings. The quantitative estimate of drug-likeness (QED) is 0.852. The van der Waals surface area contributed by atoms with Crippen LogP contribution >= 0.6 is 0 Å². The van der Waals surface area contributed by atoms with Crippen LogP contribution in [0.4, 0.5) is 0 Å². The summed E-state index contributed by atoms with van der Waals surface area (Å²) in [4.78, 5) is 0. The molecule has 0 aliphatic heterocycles. The van der Waals surface area contributed by atoms with Crippen LogP contribution in [-0.4, -0.2) is 18.3 Å². The van der Waals surface area contributed by atoms with Crippen molar-refractivity contribution in [3.63, 3.8) is 0 Å². The van der Waals surface area contributed by atoms with E-state index in [1.165, 1.54) is 25.7 Å². The molecule has 19 heavy (non-hydrogen) atoms. The maximum Gasteiger partial charge on any atom is 0.120 e. The molecule has 0 spiro atoms. The average Bonchev–Trinajstić information content (AvgIpc) is 2.93. The first kappa shape index (κ1) is 14.2. The Bertz CT molecular complexity index is 413. The van der Waals surface area contributed by atoms with Crippen molar-refractivity contribution in [2.45, 2.75) is 51.6 Å². The first-order valence-electron chi connectivity index (χ1n) is 7.24. The molecule has 2 unspecified atom stereocenters. The zero-order valence-corrected chi connectivity index (χ0v) is 12.1. The predicted molar refractivity (Wildman–Crippen MR) is 77.6 cm³/mol. The Balaban J connectivity index is 2.04. The Morgan fingerprint density at radius 1 is 1.26 bits per heavy atom. The van der Waals surface area contributed by atoms with Crippen molar-refractivity contribution >= 4 is 0 Å². The normalized spacial score (nSPS) is 19.3. The summed E-state index contributed by atoms with van der Waals surface area (Å²) in [5.74, 6) is 1.89. The van der Waals surface area contributed by atoms with Gasteiger partial charge in [0.15, 0.2) is 0 Å². The van der Waals surface area contributed by atoms with Crippen LogP contribution in [0.15, 0.2) is 18.2 Å². The van der Waals surface area contributed by atoms with Gasteiger partial charge in [-0.2, -0.15) is 0 Å². The van der Waals surface area contributed by atoms with E-state index < -0.39 is 0 Å². The maximum absolute atomic E-state index is 9.98. The van der Waals surface area contributed by atoms with Crippen LogP contribution in [0.5, 0.6) is 11.5 Å². The lowest BCUT2D eigenvalue weighted by atomic mass is 9.97. The molecule has 3 heteroatoms. The van der Waals surface area contributed by atoms with E-state index in [0.29, 0.717) is 11.8 Å². The summed E-state index contributed by atoms with van der Waals surface area (Å²) in [6, 6.07) is 6.01. The average molecular weight is 263 g/mol. The molecule has 2 N–H and O–H groups in total. The Hall–Kier alpha value is -1.22. The molecule has 0 saturated heterocycles. The summed E-state index contributed by atoms with van der Waals surface area (Å²) < 4.78 is 5.23. The van der Waals surface area contributed by atoms with E-state index in [4.69, 9.17) is 4.74 Å². The third kappa shape index (κ3) is 3.41. The van der Waals surface area contributed by atoms with E-state index in [-0.39, 0.29) is 6.04 Å². The third-order valence-corrected chi connectivity index (χ3v) is 4.32. The standard InChI is InChI=1S/C16H25NO2/c1-11(13-6-4-5-7-13)17-12(2)15-10-14(19-3)8-9-16(15)18/h8-13,17-18H,4-7H2,1-3H3. The Morgan fingerprint density at radius 3 is 2.58 bits per heavy atom. The minimum absolute atomic E-state index is 0.130. The maximum atomic E-state index is 9.98. The number of benzene rings is 1. The van der Waals surface area contributed by atoms with Crippen molar-refractivity contribution in [3.8, 4) is 11.5 Å². The van der Waals surface area contributed by atoms with Crippen LogP contribution in [0.1, 0.15) is 51.1 Å². The van der Waals surface area contributed by atoms with Crippen LogP contribution in [0.2, 0.25) is 0 Å². The highest BCUT2D eigenvalue weighted by Crippen LogP contribution is 2.31. The zero-order valence-electron chi connectivity index (χ0n) is 12.1. The number of aromatic hydroxyl groups is 1. The summed E-state index contributed by atoms with van der Waals surface area (Å²) in [6.45, 7) is 4.35. The first-order valence-corrected chi connectivity index (χ1v) is 7.24. The highest BCUT2D eigenvalue weighted by molar-refractivity contribution is 5.41. The molecule has 2 atom stereocenters. The smallest absolute Gasteiger partial charge is 0.120 e. The monoisotopic (exact) mass is 263 g/mol. The number of methoxy groups -OCH3 is 1. The molecule has 1 saturated carbocycles. The molecule has 0 radical (unpaired) electrons. The van der Waals surface area contributed by atoms with Crippen molar-refractivity contribution in [2.24, 2.45) is 5.92 Å². The second-order valence-corrected chi connectivity index (χ2v) is 5.65. The summed E-state index contributed by atoms with van der Waals surface area (Å²) in [6.07, 6.45) is 5.36. The number of nitrogens with one attached hydrogen (secondary N) is 1. The van der Waals surface area contributed by atoms with Gasteiger partial charge in [-0.25, -0.2) is 0 Å². The van der Waals surface area contributed by atoms with Gasteiger partial charge in [0.05, 0.1) is 7.11 Å². The van der Waals surface area contributed by atoms with Gasteiger partial charge in [-0.05, 0) is 50.8 Å². The van der Waals surface area contributed by atoms with Gasteiger partial charge in [0.2, 0.25) is 0 Å². The third-order valence-electron chi connectivity index (χ3n) is 4.32. The van der Waals surface area contributed by atoms with Gasteiger partial charge < -0.3 is 15.2 Å². The molecule has 1 aliphatic rings. The van der Waals surface area contributed by atoms with E-state index in [1.807, 2.05) is 6.07 Å². The lowest BCUT2D eigenvalue weighted by molar-refractivity contribution is 0.346. The van der Waals surface area contributed by atoms with E-state index in [2.05, 4.69) is 19.2 Å². The SMILES string of the molecule is COc1ccc(O)c(C(C)NC(C)C2CCCC2)c1. The second-order valence-electron chi connectivity index (χ2n) is 5.65. The summed E-state index contributed by atoms with van der Waals surface area (Å²) >= 11 is 0. The topological polar surface area (TPSA) is 41.5 Å². The molecule has 3 nitrogen and oxygen atoms in total. The molecule has 1 aromatic rings. The fourth-order valence-corrected chi connectivity index (χ4v) is 3.08. The van der Waals surface area contributed by atoms with Crippen molar-refractivity contribution in [1.82, 2.24) is 5.32 Å². The van der Waals surface area contributed by atoms with E-state index in [0.717, 1.165) is 17.2 Å². The van der Waals surface area contributed by atoms with Gasteiger partial charge >= 0.3 is 0 Å². The van der Waals surface area contributed by atoms with Gasteiger partial charge in [0.1, 0.15) is 11.5 Å². The lowest BCUT2D eigenvalue weighted by Gasteiger charge is -2.25. The minimum Gasteiger partial charge on any atom is -0.508 e. The van der Waals surface area contributed by atoms with E-state index >= 15 is 0 Å². The number of hydrogen-bond donors (Lipinski definition) is 2. The highest BCUT2D eigenvalue weighted by Gasteiger charge is 2.23. The second kappa shape index (κ2) is 6.29. The fourth-order valence-electron chi connectivity index (χ4n) is 3.08. The molecule has 0 heterocycles. The molecule has 2 rings (SSSR count). The number of hydrogen-bond acceptors (Lipinski definition) is 3. The molecule has 106 valence electrons. The molecular weight excluding hydrogens is 238 g/mol. The van der Waals surface area contributed by atoms with Crippen LogP contribution in [0, 0.1) is 5.92 Å². The molecule has 0 aromatic heterocycles. The zero-order chi connectivity index (χ0) is 13.8. The molecule has 0 amide bonds. The molecule has 1 aliphatic carbocycles. The van der Waals surface area contributed by atoms with Gasteiger partial charge in [-0.15, -0.1) is 0 Å². The van der Waals surface area contributed by atoms with Crippen LogP contribution in [0.3, 0.4) is 0 Å². The van der Waals surface area contributed by atoms with Crippen molar-refractivity contribution in [1.29, 1.82) is 0 Å². The molecule has 0 bridgehead atoms. The van der Waals surface area contributed by atoms with Crippen molar-refractivity contribution < 1.29 is 9.84 Å². The van der Waals surface area contributed by atoms with Crippen molar-refractivity contribution in [3.05, 3.63) is 23.8 Å². The van der Waals surface area contributed by atoms with E-state index in [1.54, 1.807) is 19.2 Å². The van der Waals surface area contributed by atoms with Gasteiger partial charge in [0, 0.05) is 17.6 Å². The molecular formula is C16H25NO2. The van der Waals surface area contributed by atoms with Crippen LogP contribution in [0.25, 0.3) is 0 Å². The van der Waals surface area contributed by atoms with E-state index in [9.17, 15) is 5.11 Å². The Morgan fingerprint density at radius 2 is 1.95 bits per heavy atom. The van der Waals surface area contributed by atoms with Gasteiger partial charge in [0.25, 0.3) is 0 Å². The van der Waals surface area contributed by atoms with Gasteiger partial charge in [-0.3, -0.25) is 0 Å². The van der Waals surface area contributed by atoms with Gasteiger partial charge in [-0.1, -0.05) is 12.8 Å². The summed E-state index contributed by atoms with van der Waals surface area (Å²) in [7, 11) is 1.65. The van der Waals surface area contributed by atoms with Crippen molar-refractivity contribution in [2.75, 3.05) is 7.11 Å². The predicted octanol–water partition coefficient (Wildman–Crippen LogP) is 3.63. The number of ether oxygens (including phenoxy) is 1. The lowest BCUT2D eigenvalue weighted by Crippen LogP contribution is -2.34. The Labute approximate surface area is 116 Å². The number of phenolic OH excluding ortho intramolecular Hbond substituents is 1. The largest absolute Gasteiger partial charge is 0.508 e. The fraction of sp³-hybridized carbons (Fsp3) is 0.625. The Kier molecular flexibility index (Phi) is 4.70. The van der Waals surface area contributed by atoms with Crippen LogP contribution in [-0.2, 0) is 0 Å². The first-order chi connectivity index (χ1) is 9.11. The summed E-state index contributed by atoms with van der Waals surface area (Å²) in [5, 5.41) is 13.6. The molecule has 1 aromatic carbocycles. The summed E-state index contributed by atoms with van der Waals surface area (Å²) in [5.41, 5.74) is 0.907. The highest BCUT2D eigenvalue weighted by atomic mass is 16.5. The number of rotatable bonds is 5. The minimum atomic E-state index is 0.130. The van der Waals surface area contributed by atoms with Crippen LogP contribution < -0.4 is 10.1 Å².